The van der Waals surface area contributed by atoms with Gasteiger partial charge < -0.3 is 4.42 Å². The molecule has 0 N–H and O–H groups in total. The molecule has 0 radical (unpaired) electrons. The van der Waals surface area contributed by atoms with Gasteiger partial charge in [0.1, 0.15) is 11.2 Å². The monoisotopic (exact) mass is 641 g/mol. The SMILES string of the molecule is [2H]C([2H])([2H])c1cnc(-c2ccc(C(C)C)c3c2oc2c(-c4ccc(-c5ccccc5)cc4)c(C#N)ccc23)cc1-c1c(C(C)C)cccc1C(C)C. The molecule has 0 spiro atoms. The van der Waals surface area contributed by atoms with Crippen molar-refractivity contribution in [2.45, 2.75) is 66.1 Å². The Balaban J connectivity index is 1.51. The molecule has 0 saturated carbocycles. The summed E-state index contributed by atoms with van der Waals surface area (Å²) < 4.78 is 32.5. The highest BCUT2D eigenvalue weighted by molar-refractivity contribution is 6.15. The lowest BCUT2D eigenvalue weighted by molar-refractivity contribution is 0.670. The van der Waals surface area contributed by atoms with E-state index in [-0.39, 0.29) is 23.3 Å². The molecule has 3 heteroatoms. The van der Waals surface area contributed by atoms with E-state index in [1.54, 1.807) is 0 Å². The molecule has 0 aliphatic heterocycles. The van der Waals surface area contributed by atoms with E-state index in [0.717, 1.165) is 60.8 Å². The van der Waals surface area contributed by atoms with Crippen LogP contribution in [0.5, 0.6) is 0 Å². The van der Waals surface area contributed by atoms with Crippen LogP contribution in [0.3, 0.4) is 0 Å². The van der Waals surface area contributed by atoms with Crippen LogP contribution in [-0.4, -0.2) is 4.98 Å². The van der Waals surface area contributed by atoms with Crippen LogP contribution in [0, 0.1) is 18.2 Å². The summed E-state index contributed by atoms with van der Waals surface area (Å²) in [6.45, 7) is 10.5. The zero-order valence-electron chi connectivity index (χ0n) is 31.9. The van der Waals surface area contributed by atoms with Crippen LogP contribution >= 0.6 is 0 Å². The maximum atomic E-state index is 10.3. The van der Waals surface area contributed by atoms with Crippen molar-refractivity contribution in [3.8, 4) is 50.7 Å². The third kappa shape index (κ3) is 5.62. The number of fused-ring (bicyclic) bond motifs is 3. The smallest absolute Gasteiger partial charge is 0.145 e. The third-order valence-electron chi connectivity index (χ3n) is 9.67. The Morgan fingerprint density at radius 2 is 1.29 bits per heavy atom. The van der Waals surface area contributed by atoms with E-state index in [9.17, 15) is 5.26 Å². The van der Waals surface area contributed by atoms with Crippen LogP contribution in [-0.2, 0) is 0 Å². The first-order valence-electron chi connectivity index (χ1n) is 18.6. The third-order valence-corrected chi connectivity index (χ3v) is 9.67. The van der Waals surface area contributed by atoms with Crippen LogP contribution in [0.25, 0.3) is 66.6 Å². The largest absolute Gasteiger partial charge is 0.455 e. The lowest BCUT2D eigenvalue weighted by atomic mass is 9.83. The number of nitrogens with zero attached hydrogens (tertiary/aromatic N) is 2. The van der Waals surface area contributed by atoms with Gasteiger partial charge in [-0.3, -0.25) is 4.98 Å². The number of aryl methyl sites for hydroxylation is 1. The van der Waals surface area contributed by atoms with E-state index in [1.165, 1.54) is 6.20 Å². The molecule has 2 aromatic heterocycles. The minimum Gasteiger partial charge on any atom is -0.455 e. The van der Waals surface area contributed by atoms with Gasteiger partial charge in [-0.15, -0.1) is 0 Å². The average molecular weight is 642 g/mol. The number of furan rings is 1. The lowest BCUT2D eigenvalue weighted by Gasteiger charge is -2.21. The summed E-state index contributed by atoms with van der Waals surface area (Å²) in [5, 5.41) is 12.2. The normalized spacial score (nSPS) is 12.9. The summed E-state index contributed by atoms with van der Waals surface area (Å²) >= 11 is 0. The quantitative estimate of drug-likeness (QED) is 0.174. The molecule has 0 saturated heterocycles. The number of pyridine rings is 1. The predicted octanol–water partition coefficient (Wildman–Crippen LogP) is 13.2. The van der Waals surface area contributed by atoms with Gasteiger partial charge in [-0.05, 0) is 98.9 Å². The van der Waals surface area contributed by atoms with Crippen molar-refractivity contribution in [3.63, 3.8) is 0 Å². The number of aromatic nitrogens is 1. The second-order valence-electron chi connectivity index (χ2n) is 13.8. The second-order valence-corrected chi connectivity index (χ2v) is 13.8. The highest BCUT2D eigenvalue weighted by Gasteiger charge is 2.24. The van der Waals surface area contributed by atoms with E-state index in [0.29, 0.717) is 28.0 Å². The minimum absolute atomic E-state index is 0.177. The van der Waals surface area contributed by atoms with Gasteiger partial charge in [-0.1, -0.05) is 120 Å². The van der Waals surface area contributed by atoms with Crippen LogP contribution < -0.4 is 0 Å². The minimum atomic E-state index is -2.37. The van der Waals surface area contributed by atoms with Crippen LogP contribution in [0.4, 0.5) is 0 Å². The van der Waals surface area contributed by atoms with Gasteiger partial charge in [0.2, 0.25) is 0 Å². The van der Waals surface area contributed by atoms with Crippen molar-refractivity contribution >= 4 is 21.9 Å². The standard InChI is InChI=1S/C46H42N2O/c1-27(2)35-14-11-15-36(28(3)4)43(35)40-24-41(48-26-30(40)7)38-23-22-37(29(5)6)44-39-21-20-34(25-47)42(46(39)49-45(38)44)33-18-16-32(17-19-33)31-12-9-8-10-13-31/h8-24,26-29H,1-7H3/i7D3. The van der Waals surface area contributed by atoms with Crippen molar-refractivity contribution in [2.24, 2.45) is 0 Å². The topological polar surface area (TPSA) is 49.8 Å². The maximum Gasteiger partial charge on any atom is 0.145 e. The van der Waals surface area contributed by atoms with Gasteiger partial charge in [0, 0.05) is 32.2 Å². The predicted molar refractivity (Wildman–Crippen MR) is 205 cm³/mol. The number of hydrogen-bond acceptors (Lipinski definition) is 3. The Labute approximate surface area is 294 Å². The molecule has 0 aliphatic rings. The van der Waals surface area contributed by atoms with Crippen molar-refractivity contribution in [1.82, 2.24) is 4.98 Å². The van der Waals surface area contributed by atoms with Crippen LogP contribution in [0.15, 0.2) is 114 Å². The molecule has 0 bridgehead atoms. The summed E-state index contributed by atoms with van der Waals surface area (Å²) in [7, 11) is 0. The Morgan fingerprint density at radius 3 is 1.92 bits per heavy atom. The molecule has 5 aromatic carbocycles. The molecule has 7 aromatic rings. The molecular weight excluding hydrogens is 597 g/mol. The van der Waals surface area contributed by atoms with Crippen molar-refractivity contribution in [1.29, 1.82) is 5.26 Å². The fourth-order valence-corrected chi connectivity index (χ4v) is 7.16. The summed E-state index contributed by atoms with van der Waals surface area (Å²) in [6, 6.07) is 37.1. The Kier molecular flexibility index (Phi) is 7.49. The Hall–Kier alpha value is -5.46. The van der Waals surface area contributed by atoms with E-state index < -0.39 is 6.85 Å². The Morgan fingerprint density at radius 1 is 0.633 bits per heavy atom. The van der Waals surface area contributed by atoms with Crippen LogP contribution in [0.1, 0.15) is 91.2 Å². The first-order chi connectivity index (χ1) is 24.9. The van der Waals surface area contributed by atoms with Gasteiger partial charge in [0.15, 0.2) is 0 Å². The molecular formula is C46H42N2O. The van der Waals surface area contributed by atoms with Gasteiger partial charge in [0.05, 0.1) is 17.3 Å². The molecule has 7 rings (SSSR count). The van der Waals surface area contributed by atoms with Crippen molar-refractivity contribution in [3.05, 3.63) is 137 Å². The summed E-state index contributed by atoms with van der Waals surface area (Å²) in [5.74, 6) is 0.544. The number of rotatable bonds is 7. The number of benzene rings is 5. The molecule has 0 fully saturated rings. The Bertz CT molecular complexity index is 2460. The average Bonchev–Trinajstić information content (AvgIpc) is 3.53. The first kappa shape index (κ1) is 28.5. The fourth-order valence-electron chi connectivity index (χ4n) is 7.16. The van der Waals surface area contributed by atoms with E-state index in [1.807, 2.05) is 42.5 Å². The van der Waals surface area contributed by atoms with Crippen LogP contribution in [0.2, 0.25) is 0 Å². The highest BCUT2D eigenvalue weighted by atomic mass is 16.3. The summed E-state index contributed by atoms with van der Waals surface area (Å²) in [6.07, 6.45) is 1.53. The molecule has 3 nitrogen and oxygen atoms in total. The van der Waals surface area contributed by atoms with Crippen molar-refractivity contribution in [2.75, 3.05) is 0 Å². The van der Waals surface area contributed by atoms with Gasteiger partial charge in [-0.2, -0.15) is 5.26 Å². The molecule has 0 aliphatic carbocycles. The first-order valence-corrected chi connectivity index (χ1v) is 17.1. The molecule has 2 heterocycles. The number of hydrogen-bond donors (Lipinski definition) is 0. The fraction of sp³-hybridized carbons (Fsp3) is 0.217. The lowest BCUT2D eigenvalue weighted by Crippen LogP contribution is -2.02. The van der Waals surface area contributed by atoms with Gasteiger partial charge in [0.25, 0.3) is 0 Å². The van der Waals surface area contributed by atoms with E-state index in [2.05, 4.69) is 108 Å². The molecule has 0 amide bonds. The highest BCUT2D eigenvalue weighted by Crippen LogP contribution is 2.45. The molecule has 49 heavy (non-hydrogen) atoms. The zero-order valence-corrected chi connectivity index (χ0v) is 28.9. The molecule has 242 valence electrons. The van der Waals surface area contributed by atoms with Crippen molar-refractivity contribution < 1.29 is 8.53 Å². The van der Waals surface area contributed by atoms with Gasteiger partial charge in [-0.25, -0.2) is 0 Å². The van der Waals surface area contributed by atoms with E-state index >= 15 is 0 Å². The van der Waals surface area contributed by atoms with E-state index in [4.69, 9.17) is 13.5 Å². The summed E-state index contributed by atoms with van der Waals surface area (Å²) in [4.78, 5) is 4.83. The molecule has 0 atom stereocenters. The number of nitriles is 1. The second kappa shape index (κ2) is 12.9. The zero-order chi connectivity index (χ0) is 36.9. The maximum absolute atomic E-state index is 10.3. The molecule has 0 unspecified atom stereocenters. The van der Waals surface area contributed by atoms with Gasteiger partial charge >= 0.3 is 0 Å². The summed E-state index contributed by atoms with van der Waals surface area (Å²) in [5.41, 5.74) is 12.3.